The van der Waals surface area contributed by atoms with E-state index in [-0.39, 0.29) is 0 Å². The van der Waals surface area contributed by atoms with E-state index in [0.29, 0.717) is 21.9 Å². The minimum absolute atomic E-state index is 0.573. The van der Waals surface area contributed by atoms with E-state index in [0.717, 1.165) is 29.1 Å². The van der Waals surface area contributed by atoms with Crippen molar-refractivity contribution < 1.29 is 9.64 Å². The first-order chi connectivity index (χ1) is 11.4. The number of ether oxygens (including phenoxy) is 1. The highest BCUT2D eigenvalue weighted by atomic mass is 35.5. The van der Waals surface area contributed by atoms with Crippen LogP contribution in [0.3, 0.4) is 0 Å². The highest BCUT2D eigenvalue weighted by Gasteiger charge is 2.13. The van der Waals surface area contributed by atoms with Crippen molar-refractivity contribution in [2.45, 2.75) is 27.1 Å². The lowest BCUT2D eigenvalue weighted by molar-refractivity contribution is -0.917. The number of pyridine rings is 1. The van der Waals surface area contributed by atoms with Crippen LogP contribution in [0.4, 0.5) is 0 Å². The van der Waals surface area contributed by atoms with E-state index in [1.165, 1.54) is 4.90 Å². The van der Waals surface area contributed by atoms with Crippen molar-refractivity contribution in [3.05, 3.63) is 56.3 Å². The van der Waals surface area contributed by atoms with E-state index in [4.69, 9.17) is 28.6 Å². The van der Waals surface area contributed by atoms with Crippen LogP contribution in [0, 0.1) is 29.8 Å². The van der Waals surface area contributed by atoms with Gasteiger partial charge in [0.05, 0.1) is 19.7 Å². The van der Waals surface area contributed by atoms with Gasteiger partial charge in [-0.3, -0.25) is 4.57 Å². The SMILES string of the molecule is COc1ccc(Cl)cc1C[NH+](C)Cn1c(C)cc(C)c(C#N)c1=S. The zero-order valence-electron chi connectivity index (χ0n) is 14.3. The Hall–Kier alpha value is -1.87. The molecule has 1 unspecified atom stereocenters. The summed E-state index contributed by atoms with van der Waals surface area (Å²) in [5, 5.41) is 10.0. The van der Waals surface area contributed by atoms with Gasteiger partial charge < -0.3 is 9.64 Å². The predicted molar refractivity (Wildman–Crippen MR) is 98.0 cm³/mol. The molecule has 0 fully saturated rings. The third kappa shape index (κ3) is 3.96. The van der Waals surface area contributed by atoms with Gasteiger partial charge in [-0.2, -0.15) is 5.26 Å². The lowest BCUT2D eigenvalue weighted by atomic mass is 10.1. The lowest BCUT2D eigenvalue weighted by Crippen LogP contribution is -3.07. The zero-order valence-corrected chi connectivity index (χ0v) is 15.9. The summed E-state index contributed by atoms with van der Waals surface area (Å²) in [7, 11) is 3.73. The number of aromatic nitrogens is 1. The molecule has 0 bridgehead atoms. The van der Waals surface area contributed by atoms with Crippen LogP contribution in [-0.2, 0) is 13.2 Å². The van der Waals surface area contributed by atoms with E-state index < -0.39 is 0 Å². The molecule has 1 atom stereocenters. The summed E-state index contributed by atoms with van der Waals surface area (Å²) < 4.78 is 8.01. The molecule has 0 aliphatic carbocycles. The average molecular weight is 363 g/mol. The number of hydrogen-bond acceptors (Lipinski definition) is 3. The van der Waals surface area contributed by atoms with E-state index in [1.807, 2.05) is 42.7 Å². The Morgan fingerprint density at radius 1 is 1.33 bits per heavy atom. The lowest BCUT2D eigenvalue weighted by Gasteiger charge is -2.20. The van der Waals surface area contributed by atoms with Crippen LogP contribution in [-0.4, -0.2) is 18.7 Å². The van der Waals surface area contributed by atoms with Gasteiger partial charge in [0.2, 0.25) is 0 Å². The molecule has 6 heteroatoms. The third-order valence-electron chi connectivity index (χ3n) is 3.98. The fraction of sp³-hybridized carbons (Fsp3) is 0.333. The summed E-state index contributed by atoms with van der Waals surface area (Å²) in [5.41, 5.74) is 3.59. The summed E-state index contributed by atoms with van der Waals surface area (Å²) in [4.78, 5) is 1.21. The molecule has 1 heterocycles. The Morgan fingerprint density at radius 2 is 2.04 bits per heavy atom. The van der Waals surface area contributed by atoms with Gasteiger partial charge in [-0.1, -0.05) is 23.8 Å². The standard InChI is InChI=1S/C18H20ClN3OS/c1-12-7-13(2)22(18(24)16(12)9-20)11-21(3)10-14-8-15(19)5-6-17(14)23-4/h5-8H,10-11H2,1-4H3/p+1. The molecule has 4 nitrogen and oxygen atoms in total. The number of nitriles is 1. The molecule has 1 N–H and O–H groups in total. The molecule has 0 aliphatic rings. The van der Waals surface area contributed by atoms with Crippen LogP contribution in [0.25, 0.3) is 0 Å². The van der Waals surface area contributed by atoms with Crippen molar-refractivity contribution in [2.75, 3.05) is 14.2 Å². The van der Waals surface area contributed by atoms with Gasteiger partial charge in [-0.25, -0.2) is 0 Å². The molecule has 0 amide bonds. The Morgan fingerprint density at radius 3 is 2.67 bits per heavy atom. The van der Waals surface area contributed by atoms with Crippen molar-refractivity contribution in [2.24, 2.45) is 0 Å². The molecule has 0 saturated carbocycles. The smallest absolute Gasteiger partial charge is 0.157 e. The Bertz CT molecular complexity index is 855. The van der Waals surface area contributed by atoms with Gasteiger partial charge in [0.1, 0.15) is 23.0 Å². The first-order valence-corrected chi connectivity index (χ1v) is 8.40. The minimum atomic E-state index is 0.573. The van der Waals surface area contributed by atoms with Crippen molar-refractivity contribution in [3.63, 3.8) is 0 Å². The van der Waals surface area contributed by atoms with Crippen molar-refractivity contribution in [1.29, 1.82) is 5.26 Å². The average Bonchev–Trinajstić information content (AvgIpc) is 2.52. The monoisotopic (exact) mass is 362 g/mol. The second-order valence-electron chi connectivity index (χ2n) is 5.94. The van der Waals surface area contributed by atoms with Gasteiger partial charge in [-0.15, -0.1) is 0 Å². The number of nitrogens with one attached hydrogen (secondary N) is 1. The van der Waals surface area contributed by atoms with Gasteiger partial charge in [0.25, 0.3) is 0 Å². The molecule has 0 saturated heterocycles. The number of halogens is 1. The molecular formula is C18H21ClN3OS+. The molecule has 2 aromatic rings. The summed E-state index contributed by atoms with van der Waals surface area (Å²) in [5.74, 6) is 0.820. The van der Waals surface area contributed by atoms with Gasteiger partial charge in [0, 0.05) is 16.3 Å². The minimum Gasteiger partial charge on any atom is -0.496 e. The Kier molecular flexibility index (Phi) is 6.00. The molecule has 1 aromatic carbocycles. The molecular weight excluding hydrogens is 342 g/mol. The van der Waals surface area contributed by atoms with Gasteiger partial charge in [-0.05, 0) is 43.7 Å². The second kappa shape index (κ2) is 7.80. The summed E-state index contributed by atoms with van der Waals surface area (Å²) in [6, 6.07) is 9.83. The molecule has 126 valence electrons. The zero-order chi connectivity index (χ0) is 17.9. The molecule has 2 rings (SSSR count). The maximum Gasteiger partial charge on any atom is 0.157 e. The fourth-order valence-corrected chi connectivity index (χ4v) is 3.41. The number of nitrogens with zero attached hydrogens (tertiary/aromatic N) is 2. The number of rotatable bonds is 5. The number of hydrogen-bond donors (Lipinski definition) is 1. The topological polar surface area (TPSA) is 42.4 Å². The van der Waals surface area contributed by atoms with Crippen LogP contribution in [0.2, 0.25) is 5.02 Å². The van der Waals surface area contributed by atoms with Gasteiger partial charge in [0.15, 0.2) is 6.67 Å². The summed E-state index contributed by atoms with van der Waals surface area (Å²) in [6.45, 7) is 5.33. The molecule has 0 spiro atoms. The maximum absolute atomic E-state index is 9.31. The van der Waals surface area contributed by atoms with Crippen LogP contribution < -0.4 is 9.64 Å². The molecule has 0 aliphatic heterocycles. The first-order valence-electron chi connectivity index (χ1n) is 7.62. The van der Waals surface area contributed by atoms with Crippen molar-refractivity contribution >= 4 is 23.8 Å². The third-order valence-corrected chi connectivity index (χ3v) is 4.64. The second-order valence-corrected chi connectivity index (χ2v) is 6.76. The van der Waals surface area contributed by atoms with E-state index in [1.54, 1.807) is 7.11 Å². The Labute approximate surface area is 152 Å². The largest absolute Gasteiger partial charge is 0.496 e. The molecule has 1 aromatic heterocycles. The van der Waals surface area contributed by atoms with Crippen molar-refractivity contribution in [3.8, 4) is 11.8 Å². The number of benzene rings is 1. The number of methoxy groups -OCH3 is 1. The van der Waals surface area contributed by atoms with Crippen LogP contribution in [0.5, 0.6) is 5.75 Å². The van der Waals surface area contributed by atoms with Crippen LogP contribution in [0.15, 0.2) is 24.3 Å². The summed E-state index contributed by atoms with van der Waals surface area (Å²) >= 11 is 11.6. The maximum atomic E-state index is 9.31. The van der Waals surface area contributed by atoms with E-state index in [2.05, 4.69) is 13.1 Å². The van der Waals surface area contributed by atoms with E-state index >= 15 is 0 Å². The van der Waals surface area contributed by atoms with Crippen molar-refractivity contribution in [1.82, 2.24) is 4.57 Å². The first kappa shape index (κ1) is 18.5. The Balaban J connectivity index is 2.29. The molecule has 0 radical (unpaired) electrons. The van der Waals surface area contributed by atoms with Crippen LogP contribution in [0.1, 0.15) is 22.4 Å². The number of aryl methyl sites for hydroxylation is 2. The van der Waals surface area contributed by atoms with Gasteiger partial charge >= 0.3 is 0 Å². The van der Waals surface area contributed by atoms with Crippen LogP contribution >= 0.6 is 23.8 Å². The van der Waals surface area contributed by atoms with E-state index in [9.17, 15) is 5.26 Å². The quantitative estimate of drug-likeness (QED) is 0.831. The number of quaternary nitrogens is 1. The summed E-state index contributed by atoms with van der Waals surface area (Å²) in [6.07, 6.45) is 0. The highest BCUT2D eigenvalue weighted by Crippen LogP contribution is 2.21. The normalized spacial score (nSPS) is 11.8. The predicted octanol–water partition coefficient (Wildman–Crippen LogP) is 3.04. The highest BCUT2D eigenvalue weighted by molar-refractivity contribution is 7.71. The molecule has 24 heavy (non-hydrogen) atoms. The fourth-order valence-electron chi connectivity index (χ4n) is 2.80.